The number of tetrazole rings is 1. The van der Waals surface area contributed by atoms with Gasteiger partial charge in [0.15, 0.2) is 5.82 Å². The van der Waals surface area contributed by atoms with E-state index in [-0.39, 0.29) is 18.4 Å². The molecule has 1 unspecified atom stereocenters. The van der Waals surface area contributed by atoms with Crippen molar-refractivity contribution in [2.24, 2.45) is 5.92 Å². The van der Waals surface area contributed by atoms with E-state index in [1.165, 1.54) is 18.4 Å². The largest absolute Gasteiger partial charge is 0.497 e. The van der Waals surface area contributed by atoms with Crippen molar-refractivity contribution in [1.82, 2.24) is 25.1 Å². The van der Waals surface area contributed by atoms with Crippen LogP contribution in [0.3, 0.4) is 0 Å². The summed E-state index contributed by atoms with van der Waals surface area (Å²) in [4.78, 5) is 2.52. The first kappa shape index (κ1) is 21.3. The lowest BCUT2D eigenvalue weighted by molar-refractivity contribution is 0.150. The molecule has 3 aromatic rings. The maximum absolute atomic E-state index is 5.26. The summed E-state index contributed by atoms with van der Waals surface area (Å²) in [6.07, 6.45) is 2.42. The highest BCUT2D eigenvalue weighted by Crippen LogP contribution is 2.31. The lowest BCUT2D eigenvalue weighted by atomic mass is 9.95. The van der Waals surface area contributed by atoms with E-state index in [4.69, 9.17) is 4.74 Å². The van der Waals surface area contributed by atoms with E-state index >= 15 is 0 Å². The van der Waals surface area contributed by atoms with Crippen LogP contribution in [0.4, 0.5) is 0 Å². The quantitative estimate of drug-likeness (QED) is 0.612. The van der Waals surface area contributed by atoms with Gasteiger partial charge in [-0.3, -0.25) is 4.90 Å². The molecule has 1 fully saturated rings. The molecule has 0 spiro atoms. The Morgan fingerprint density at radius 3 is 2.38 bits per heavy atom. The molecule has 0 bridgehead atoms. The first-order valence-corrected chi connectivity index (χ1v) is 9.92. The number of nitrogens with zero attached hydrogens (tertiary/aromatic N) is 5. The lowest BCUT2D eigenvalue weighted by Gasteiger charge is -2.36. The SMILES string of the molecule is COc1ccc(Cn2nnnc2C(c2ccccc2)N2CCC(C)CC2)cc1.Cl. The monoisotopic (exact) mass is 413 g/mol. The number of ether oxygens (including phenoxy) is 1. The number of hydrogen-bond acceptors (Lipinski definition) is 5. The minimum absolute atomic E-state index is 0. The molecule has 29 heavy (non-hydrogen) atoms. The van der Waals surface area contributed by atoms with Gasteiger partial charge in [0.25, 0.3) is 0 Å². The first-order valence-electron chi connectivity index (χ1n) is 9.92. The molecule has 4 rings (SSSR count). The minimum atomic E-state index is 0. The second-order valence-electron chi connectivity index (χ2n) is 7.57. The Kier molecular flexibility index (Phi) is 7.23. The molecule has 154 valence electrons. The summed E-state index contributed by atoms with van der Waals surface area (Å²) in [5, 5.41) is 12.8. The molecule has 1 aliphatic heterocycles. The topological polar surface area (TPSA) is 56.1 Å². The number of likely N-dealkylation sites (tertiary alicyclic amines) is 1. The predicted octanol–water partition coefficient (Wildman–Crippen LogP) is 3.97. The summed E-state index contributed by atoms with van der Waals surface area (Å²) in [5.41, 5.74) is 2.39. The third-order valence-electron chi connectivity index (χ3n) is 5.59. The number of methoxy groups -OCH3 is 1. The Balaban J connectivity index is 0.00000240. The summed E-state index contributed by atoms with van der Waals surface area (Å²) in [6, 6.07) is 18.7. The zero-order valence-electron chi connectivity index (χ0n) is 16.9. The van der Waals surface area contributed by atoms with Crippen LogP contribution in [0.25, 0.3) is 0 Å². The highest BCUT2D eigenvalue weighted by atomic mass is 35.5. The fourth-order valence-corrected chi connectivity index (χ4v) is 3.87. The standard InChI is InChI=1S/C22H27N5O.ClH/c1-17-12-14-26(15-13-17)21(19-6-4-3-5-7-19)22-23-24-25-27(22)16-18-8-10-20(28-2)11-9-18;/h3-11,17,21H,12-16H2,1-2H3;1H. The number of piperidine rings is 1. The second-order valence-corrected chi connectivity index (χ2v) is 7.57. The van der Waals surface area contributed by atoms with Gasteiger partial charge in [0.1, 0.15) is 5.75 Å². The van der Waals surface area contributed by atoms with Crippen molar-refractivity contribution < 1.29 is 4.74 Å². The third kappa shape index (κ3) is 4.95. The fourth-order valence-electron chi connectivity index (χ4n) is 3.87. The molecule has 1 aromatic heterocycles. The van der Waals surface area contributed by atoms with Gasteiger partial charge in [-0.1, -0.05) is 49.4 Å². The smallest absolute Gasteiger partial charge is 0.173 e. The van der Waals surface area contributed by atoms with E-state index in [1.54, 1.807) is 7.11 Å². The molecule has 0 radical (unpaired) electrons. The van der Waals surface area contributed by atoms with Crippen molar-refractivity contribution in [2.45, 2.75) is 32.4 Å². The average Bonchev–Trinajstić information content (AvgIpc) is 3.19. The van der Waals surface area contributed by atoms with Crippen LogP contribution in [-0.4, -0.2) is 45.3 Å². The Labute approximate surface area is 178 Å². The van der Waals surface area contributed by atoms with Gasteiger partial charge in [-0.15, -0.1) is 17.5 Å². The van der Waals surface area contributed by atoms with Gasteiger partial charge in [-0.05, 0) is 65.5 Å². The van der Waals surface area contributed by atoms with E-state index in [2.05, 4.69) is 69.8 Å². The molecule has 2 aromatic carbocycles. The Hall–Kier alpha value is -2.44. The van der Waals surface area contributed by atoms with Crippen LogP contribution < -0.4 is 4.74 Å². The molecule has 0 aliphatic carbocycles. The summed E-state index contributed by atoms with van der Waals surface area (Å²) < 4.78 is 7.19. The number of hydrogen-bond donors (Lipinski definition) is 0. The normalized spacial score (nSPS) is 16.2. The van der Waals surface area contributed by atoms with Crippen LogP contribution in [0.2, 0.25) is 0 Å². The minimum Gasteiger partial charge on any atom is -0.497 e. The Morgan fingerprint density at radius 2 is 1.72 bits per heavy atom. The zero-order chi connectivity index (χ0) is 19.3. The molecule has 0 amide bonds. The van der Waals surface area contributed by atoms with Crippen LogP contribution in [0.5, 0.6) is 5.75 Å². The van der Waals surface area contributed by atoms with Crippen molar-refractivity contribution in [3.63, 3.8) is 0 Å². The molecule has 0 saturated carbocycles. The Bertz CT molecular complexity index is 876. The third-order valence-corrected chi connectivity index (χ3v) is 5.59. The molecular weight excluding hydrogens is 386 g/mol. The summed E-state index contributed by atoms with van der Waals surface area (Å²) in [6.45, 7) is 5.11. The first-order chi connectivity index (χ1) is 13.7. The van der Waals surface area contributed by atoms with Crippen molar-refractivity contribution >= 4 is 12.4 Å². The van der Waals surface area contributed by atoms with Gasteiger partial charge in [0.2, 0.25) is 0 Å². The maximum atomic E-state index is 5.26. The van der Waals surface area contributed by atoms with E-state index in [0.717, 1.165) is 36.1 Å². The van der Waals surface area contributed by atoms with Gasteiger partial charge in [0, 0.05) is 0 Å². The van der Waals surface area contributed by atoms with Crippen LogP contribution in [0, 0.1) is 5.92 Å². The number of halogens is 1. The van der Waals surface area contributed by atoms with Crippen molar-refractivity contribution in [3.8, 4) is 5.75 Å². The van der Waals surface area contributed by atoms with E-state index < -0.39 is 0 Å². The number of rotatable bonds is 6. The number of aromatic nitrogens is 4. The van der Waals surface area contributed by atoms with Gasteiger partial charge in [-0.2, -0.15) is 0 Å². The zero-order valence-corrected chi connectivity index (χ0v) is 17.8. The van der Waals surface area contributed by atoms with Crippen LogP contribution in [0.15, 0.2) is 54.6 Å². The van der Waals surface area contributed by atoms with E-state index in [1.807, 2.05) is 16.8 Å². The molecule has 1 atom stereocenters. The summed E-state index contributed by atoms with van der Waals surface area (Å²) in [5.74, 6) is 2.53. The Morgan fingerprint density at radius 1 is 1.03 bits per heavy atom. The van der Waals surface area contributed by atoms with Crippen molar-refractivity contribution in [1.29, 1.82) is 0 Å². The summed E-state index contributed by atoms with van der Waals surface area (Å²) in [7, 11) is 1.68. The molecule has 1 aliphatic rings. The van der Waals surface area contributed by atoms with Gasteiger partial charge < -0.3 is 4.74 Å². The fraction of sp³-hybridized carbons (Fsp3) is 0.409. The van der Waals surface area contributed by atoms with Crippen molar-refractivity contribution in [3.05, 3.63) is 71.5 Å². The molecule has 6 nitrogen and oxygen atoms in total. The van der Waals surface area contributed by atoms with E-state index in [9.17, 15) is 0 Å². The van der Waals surface area contributed by atoms with Gasteiger partial charge in [0.05, 0.1) is 19.7 Å². The van der Waals surface area contributed by atoms with Crippen LogP contribution in [0.1, 0.15) is 42.8 Å². The predicted molar refractivity (Wildman–Crippen MR) is 115 cm³/mol. The highest BCUT2D eigenvalue weighted by molar-refractivity contribution is 5.85. The van der Waals surface area contributed by atoms with Crippen molar-refractivity contribution in [2.75, 3.05) is 20.2 Å². The molecular formula is C22H28ClN5O. The number of benzene rings is 2. The highest BCUT2D eigenvalue weighted by Gasteiger charge is 2.30. The maximum Gasteiger partial charge on any atom is 0.173 e. The van der Waals surface area contributed by atoms with Crippen LogP contribution in [-0.2, 0) is 6.54 Å². The summed E-state index contributed by atoms with van der Waals surface area (Å²) >= 11 is 0. The van der Waals surface area contributed by atoms with Crippen LogP contribution >= 0.6 is 12.4 Å². The average molecular weight is 414 g/mol. The molecule has 7 heteroatoms. The molecule has 1 saturated heterocycles. The molecule has 2 heterocycles. The molecule has 0 N–H and O–H groups in total. The van der Waals surface area contributed by atoms with E-state index in [0.29, 0.717) is 6.54 Å². The van der Waals surface area contributed by atoms with Gasteiger partial charge in [-0.25, -0.2) is 4.68 Å². The lowest BCUT2D eigenvalue weighted by Crippen LogP contribution is -2.38. The second kappa shape index (κ2) is 9.85. The van der Waals surface area contributed by atoms with Gasteiger partial charge >= 0.3 is 0 Å².